The minimum Gasteiger partial charge on any atom is -0.489 e. The zero-order valence-electron chi connectivity index (χ0n) is 44.2. The highest BCUT2D eigenvalue weighted by atomic mass is 79.9. The van der Waals surface area contributed by atoms with E-state index < -0.39 is 83.9 Å². The van der Waals surface area contributed by atoms with Crippen LogP contribution in [-0.2, 0) is 59.4 Å². The summed E-state index contributed by atoms with van der Waals surface area (Å²) in [5.74, 6) is -3.64. The molecule has 9 rings (SSSR count). The average molecular weight is 1150 g/mol. The maximum absolute atomic E-state index is 15.5. The molecule has 5 aromatic carbocycles. The van der Waals surface area contributed by atoms with Crippen LogP contribution in [0.2, 0.25) is 0 Å². The summed E-state index contributed by atoms with van der Waals surface area (Å²) in [4.78, 5) is 109. The Morgan fingerprint density at radius 2 is 1.29 bits per heavy atom. The molecule has 418 valence electrons. The fourth-order valence-electron chi connectivity index (χ4n) is 10.6. The number of fused-ring (bicyclic) bond motifs is 2. The molecule has 3 fully saturated rings. The molecule has 1 aromatic heterocycles. The minimum atomic E-state index is -1.41. The fourth-order valence-corrected chi connectivity index (χ4v) is 11.1. The molecule has 0 radical (unpaired) electrons. The lowest BCUT2D eigenvalue weighted by molar-refractivity contribution is -0.143. The van der Waals surface area contributed by atoms with Gasteiger partial charge < -0.3 is 62.3 Å². The topological polar surface area (TPSA) is 267 Å². The number of ether oxygens (including phenoxy) is 2. The number of para-hydroxylation sites is 1. The Hall–Kier alpha value is -8.07. The van der Waals surface area contributed by atoms with Gasteiger partial charge in [-0.2, -0.15) is 0 Å². The zero-order valence-corrected chi connectivity index (χ0v) is 45.8. The van der Waals surface area contributed by atoms with Crippen LogP contribution in [-0.4, -0.2) is 120 Å². The van der Waals surface area contributed by atoms with Gasteiger partial charge in [-0.25, -0.2) is 4.79 Å². The van der Waals surface area contributed by atoms with Crippen molar-refractivity contribution in [3.63, 3.8) is 0 Å². The number of carbonyl (C=O) groups excluding carboxylic acids is 7. The highest BCUT2D eigenvalue weighted by Gasteiger charge is 2.45. The maximum atomic E-state index is 15.5. The first-order valence-electron chi connectivity index (χ1n) is 27.1. The summed E-state index contributed by atoms with van der Waals surface area (Å²) in [5.41, 5.74) is 9.80. The van der Waals surface area contributed by atoms with Crippen LogP contribution in [0.4, 0.5) is 4.79 Å². The average Bonchev–Trinajstić information content (AvgIpc) is 4.13. The molecular weight excluding hydrogens is 1080 g/mol. The number of nitrogens with two attached hydrogens (primary N) is 1. The van der Waals surface area contributed by atoms with E-state index in [-0.39, 0.29) is 57.7 Å². The third-order valence-electron chi connectivity index (χ3n) is 14.8. The van der Waals surface area contributed by atoms with Crippen molar-refractivity contribution in [1.29, 1.82) is 0 Å². The van der Waals surface area contributed by atoms with E-state index in [2.05, 4.69) is 58.1 Å². The summed E-state index contributed by atoms with van der Waals surface area (Å²) in [6.45, 7) is 1.71. The lowest BCUT2D eigenvalue weighted by atomic mass is 9.90. The Kier molecular flexibility index (Phi) is 19.3. The molecule has 4 heterocycles. The van der Waals surface area contributed by atoms with Gasteiger partial charge in [0.25, 0.3) is 0 Å². The number of nitrogens with zero attached hydrogens (tertiary/aromatic N) is 1. The molecule has 3 saturated heterocycles. The summed E-state index contributed by atoms with van der Waals surface area (Å²) < 4.78 is 12.5. The predicted molar refractivity (Wildman–Crippen MR) is 303 cm³/mol. The molecule has 10 N–H and O–H groups in total. The molecule has 19 nitrogen and oxygen atoms in total. The summed E-state index contributed by atoms with van der Waals surface area (Å²) in [5, 5.41) is 21.6. The first-order chi connectivity index (χ1) is 38.9. The van der Waals surface area contributed by atoms with Crippen molar-refractivity contribution in [3.8, 4) is 5.75 Å². The second-order valence-electron chi connectivity index (χ2n) is 20.5. The molecule has 3 aliphatic rings. The van der Waals surface area contributed by atoms with Gasteiger partial charge in [0.15, 0.2) is 0 Å². The van der Waals surface area contributed by atoms with Crippen molar-refractivity contribution in [2.75, 3.05) is 32.7 Å². The van der Waals surface area contributed by atoms with Gasteiger partial charge in [-0.1, -0.05) is 119 Å². The molecule has 7 amide bonds. The van der Waals surface area contributed by atoms with E-state index in [1.807, 2.05) is 60.7 Å². The largest absolute Gasteiger partial charge is 0.489 e. The lowest BCUT2D eigenvalue weighted by Gasteiger charge is -2.32. The Morgan fingerprint density at radius 1 is 0.650 bits per heavy atom. The quantitative estimate of drug-likeness (QED) is 0.0696. The van der Waals surface area contributed by atoms with Crippen LogP contribution >= 0.6 is 15.9 Å². The molecule has 6 aromatic rings. The predicted octanol–water partition coefficient (Wildman–Crippen LogP) is 4.39. The molecule has 0 bridgehead atoms. The molecule has 0 spiro atoms. The van der Waals surface area contributed by atoms with E-state index in [4.69, 9.17) is 15.2 Å². The van der Waals surface area contributed by atoms with Gasteiger partial charge >= 0.3 is 6.09 Å². The van der Waals surface area contributed by atoms with Crippen molar-refractivity contribution in [1.82, 2.24) is 47.1 Å². The third-order valence-corrected chi connectivity index (χ3v) is 15.3. The number of piperidine rings is 1. The molecule has 3 aliphatic heterocycles. The first kappa shape index (κ1) is 56.6. The molecule has 0 saturated carbocycles. The minimum absolute atomic E-state index is 0.000319. The van der Waals surface area contributed by atoms with E-state index in [0.29, 0.717) is 52.2 Å². The Bertz CT molecular complexity index is 3120. The van der Waals surface area contributed by atoms with E-state index in [9.17, 15) is 4.79 Å². The lowest BCUT2D eigenvalue weighted by Crippen LogP contribution is -2.61. The highest BCUT2D eigenvalue weighted by Crippen LogP contribution is 2.27. The first-order valence-corrected chi connectivity index (χ1v) is 27.9. The Morgan fingerprint density at radius 3 is 2.02 bits per heavy atom. The zero-order chi connectivity index (χ0) is 56.0. The van der Waals surface area contributed by atoms with Crippen LogP contribution < -0.4 is 47.7 Å². The maximum Gasteiger partial charge on any atom is 0.407 e. The third kappa shape index (κ3) is 15.0. The van der Waals surface area contributed by atoms with E-state index in [0.717, 1.165) is 29.3 Å². The summed E-state index contributed by atoms with van der Waals surface area (Å²) in [7, 11) is 0. The van der Waals surface area contributed by atoms with Crippen LogP contribution in [0.1, 0.15) is 59.5 Å². The molecule has 0 aliphatic carbocycles. The van der Waals surface area contributed by atoms with Crippen molar-refractivity contribution < 1.29 is 43.0 Å². The number of hydrogen-bond acceptors (Lipinski definition) is 11. The van der Waals surface area contributed by atoms with E-state index >= 15 is 28.8 Å². The number of amides is 7. The number of aromatic amines is 1. The monoisotopic (exact) mass is 1150 g/mol. The number of rotatable bonds is 15. The summed E-state index contributed by atoms with van der Waals surface area (Å²) in [6, 6.07) is 32.1. The second-order valence-corrected chi connectivity index (χ2v) is 21.4. The molecular formula is C60H67BrN10O9. The molecule has 20 heteroatoms. The Balaban J connectivity index is 1.12. The number of nitrogens with one attached hydrogen (secondary N) is 8. The molecule has 80 heavy (non-hydrogen) atoms. The number of H-pyrrole nitrogens is 1. The number of carbonyl (C=O) groups is 7. The van der Waals surface area contributed by atoms with Crippen molar-refractivity contribution in [3.05, 3.63) is 172 Å². The van der Waals surface area contributed by atoms with Gasteiger partial charge in [0.2, 0.25) is 35.4 Å². The smallest absolute Gasteiger partial charge is 0.407 e. The highest BCUT2D eigenvalue weighted by molar-refractivity contribution is 9.10. The van der Waals surface area contributed by atoms with Crippen LogP contribution in [0.3, 0.4) is 0 Å². The summed E-state index contributed by atoms with van der Waals surface area (Å²) >= 11 is 3.53. The van der Waals surface area contributed by atoms with Gasteiger partial charge in [0, 0.05) is 60.3 Å². The van der Waals surface area contributed by atoms with Gasteiger partial charge in [-0.3, -0.25) is 28.8 Å². The second kappa shape index (κ2) is 27.2. The van der Waals surface area contributed by atoms with Gasteiger partial charge in [0.1, 0.15) is 54.7 Å². The standard InChI is InChI=1S/C60H67BrN10O9/c61-43-15-9-12-40(28-43)31-51-59(77)71-35-45(80-60(78)64-27-24-62)33-52(71)57(75)70-53(41-13-5-2-6-14-41)58(76)68-50(32-42-34-65-47-17-8-7-16-46(42)47)56(74)67-49(30-38-22-25-63-26-23-38)54(72)66-48(55(73)69-51)29-37-18-20-44(21-19-37)79-36-39-10-3-1-4-11-39/h1-21,28,34,38,45,48-53,63,65H,22-27,29-33,35-36,62H2,(H,64,78)(H,66,72)(H,67,74)(H,68,76)(H,69,73)(H,70,75)/t45-,48+,49+,50-,51+,52+,53+/m1/s1. The van der Waals surface area contributed by atoms with Gasteiger partial charge in [-0.15, -0.1) is 0 Å². The normalized spacial score (nSPS) is 22.6. The van der Waals surface area contributed by atoms with Crippen LogP contribution in [0.25, 0.3) is 10.9 Å². The van der Waals surface area contributed by atoms with Crippen molar-refractivity contribution >= 4 is 68.4 Å². The van der Waals surface area contributed by atoms with Crippen LogP contribution in [0.15, 0.2) is 144 Å². The Labute approximate surface area is 472 Å². The van der Waals surface area contributed by atoms with Crippen molar-refractivity contribution in [2.45, 2.75) is 93.9 Å². The van der Waals surface area contributed by atoms with E-state index in [1.54, 1.807) is 79.0 Å². The fraction of sp³-hybridized carbons (Fsp3) is 0.350. The molecule has 0 unspecified atom stereocenters. The van der Waals surface area contributed by atoms with Gasteiger partial charge in [-0.05, 0) is 96.4 Å². The summed E-state index contributed by atoms with van der Waals surface area (Å²) in [6.07, 6.45) is 1.28. The van der Waals surface area contributed by atoms with Crippen molar-refractivity contribution in [2.24, 2.45) is 11.7 Å². The number of benzene rings is 5. The number of halogens is 1. The number of aromatic nitrogens is 1. The van der Waals surface area contributed by atoms with Crippen LogP contribution in [0.5, 0.6) is 5.75 Å². The molecule has 7 atom stereocenters. The van der Waals surface area contributed by atoms with Gasteiger partial charge in [0.05, 0.1) is 6.54 Å². The number of alkyl carbamates (subject to hydrolysis) is 1. The van der Waals surface area contributed by atoms with Crippen LogP contribution in [0, 0.1) is 5.92 Å². The van der Waals surface area contributed by atoms with E-state index in [1.165, 1.54) is 4.90 Å². The SMILES string of the molecule is NCCNC(=O)O[C@@H]1C[C@H]2C(=O)N[C@@H](c3ccccc3)C(=O)N[C@H](Cc3c[nH]c4ccccc34)C(=O)N[C@@H](CC3CCNCC3)C(=O)N[C@@H](Cc3ccc(OCc4ccccc4)cc3)C(=O)N[C@@H](Cc3cccc(Br)c3)C(=O)N2C1. The number of hydrogen-bond donors (Lipinski definition) is 9.